The fraction of sp³-hybridized carbons (Fsp3) is 0.571. The molecule has 2 fully saturated rings. The number of aromatic carboxylic acids is 1. The third-order valence-electron chi connectivity index (χ3n) is 3.98. The minimum Gasteiger partial charge on any atom is -0.477 e. The molecule has 102 valence electrons. The summed E-state index contributed by atoms with van der Waals surface area (Å²) in [6.45, 7) is 1.48. The lowest BCUT2D eigenvalue weighted by molar-refractivity contribution is -0.00899. The van der Waals surface area contributed by atoms with Gasteiger partial charge in [-0.05, 0) is 25.0 Å². The Hall–Kier alpha value is -1.62. The van der Waals surface area contributed by atoms with E-state index in [4.69, 9.17) is 9.84 Å². The standard InChI is InChI=1S/C14H18N2O3/c17-14(18)10-4-3-7-13(15-10)16-8-9-19-12-6-2-1-5-11(12)16/h3-4,7,11-12H,1-2,5-6,8-9H2,(H,17,18). The summed E-state index contributed by atoms with van der Waals surface area (Å²) in [5.74, 6) is -0.213. The van der Waals surface area contributed by atoms with E-state index in [-0.39, 0.29) is 11.8 Å². The summed E-state index contributed by atoms with van der Waals surface area (Å²) in [6, 6.07) is 5.53. The van der Waals surface area contributed by atoms with Gasteiger partial charge in [0.2, 0.25) is 0 Å². The summed E-state index contributed by atoms with van der Waals surface area (Å²) in [5.41, 5.74) is 0.108. The smallest absolute Gasteiger partial charge is 0.354 e. The number of carbonyl (C=O) groups is 1. The van der Waals surface area contributed by atoms with Crippen molar-refractivity contribution in [3.05, 3.63) is 23.9 Å². The molecule has 5 heteroatoms. The molecule has 0 amide bonds. The zero-order valence-corrected chi connectivity index (χ0v) is 10.8. The predicted molar refractivity (Wildman–Crippen MR) is 70.5 cm³/mol. The molecule has 1 saturated carbocycles. The number of pyridine rings is 1. The molecule has 0 bridgehead atoms. The Labute approximate surface area is 112 Å². The van der Waals surface area contributed by atoms with Gasteiger partial charge < -0.3 is 14.7 Å². The van der Waals surface area contributed by atoms with E-state index >= 15 is 0 Å². The monoisotopic (exact) mass is 262 g/mol. The number of hydrogen-bond donors (Lipinski definition) is 1. The van der Waals surface area contributed by atoms with Crippen LogP contribution in [0.5, 0.6) is 0 Å². The van der Waals surface area contributed by atoms with Crippen LogP contribution in [-0.4, -0.2) is 41.4 Å². The SMILES string of the molecule is O=C(O)c1cccc(N2CCOC3CCCCC32)n1. The van der Waals surface area contributed by atoms with Crippen molar-refractivity contribution in [3.63, 3.8) is 0 Å². The van der Waals surface area contributed by atoms with E-state index in [1.54, 1.807) is 6.07 Å². The van der Waals surface area contributed by atoms with Crippen LogP contribution in [0.1, 0.15) is 36.2 Å². The molecule has 0 spiro atoms. The lowest BCUT2D eigenvalue weighted by Gasteiger charge is -2.44. The van der Waals surface area contributed by atoms with Crippen LogP contribution in [0.4, 0.5) is 5.82 Å². The van der Waals surface area contributed by atoms with Crippen molar-refractivity contribution >= 4 is 11.8 Å². The summed E-state index contributed by atoms with van der Waals surface area (Å²) in [4.78, 5) is 17.5. The van der Waals surface area contributed by atoms with Gasteiger partial charge in [-0.25, -0.2) is 9.78 Å². The van der Waals surface area contributed by atoms with Gasteiger partial charge in [0.05, 0.1) is 18.8 Å². The minimum absolute atomic E-state index is 0.108. The number of morpholine rings is 1. The van der Waals surface area contributed by atoms with Crippen molar-refractivity contribution in [2.45, 2.75) is 37.8 Å². The van der Waals surface area contributed by atoms with Crippen molar-refractivity contribution in [2.24, 2.45) is 0 Å². The first-order chi connectivity index (χ1) is 9.25. The molecule has 1 aliphatic heterocycles. The quantitative estimate of drug-likeness (QED) is 0.882. The molecule has 1 saturated heterocycles. The highest BCUT2D eigenvalue weighted by molar-refractivity contribution is 5.85. The van der Waals surface area contributed by atoms with Crippen LogP contribution in [0, 0.1) is 0 Å². The van der Waals surface area contributed by atoms with Gasteiger partial charge >= 0.3 is 5.97 Å². The van der Waals surface area contributed by atoms with Gasteiger partial charge in [-0.3, -0.25) is 0 Å². The van der Waals surface area contributed by atoms with Crippen molar-refractivity contribution < 1.29 is 14.6 Å². The highest BCUT2D eigenvalue weighted by Crippen LogP contribution is 2.31. The van der Waals surface area contributed by atoms with Gasteiger partial charge in [0.25, 0.3) is 0 Å². The minimum atomic E-state index is -0.977. The summed E-state index contributed by atoms with van der Waals surface area (Å²) >= 11 is 0. The molecule has 1 aromatic heterocycles. The number of anilines is 1. The van der Waals surface area contributed by atoms with Crippen LogP contribution in [0.25, 0.3) is 0 Å². The van der Waals surface area contributed by atoms with Crippen LogP contribution in [0.2, 0.25) is 0 Å². The first-order valence-corrected chi connectivity index (χ1v) is 6.84. The zero-order valence-electron chi connectivity index (χ0n) is 10.8. The molecule has 3 rings (SSSR count). The van der Waals surface area contributed by atoms with Crippen LogP contribution in [-0.2, 0) is 4.74 Å². The normalized spacial score (nSPS) is 26.8. The molecular weight excluding hydrogens is 244 g/mol. The Morgan fingerprint density at radius 3 is 3.05 bits per heavy atom. The van der Waals surface area contributed by atoms with E-state index in [1.165, 1.54) is 18.9 Å². The average Bonchev–Trinajstić information content (AvgIpc) is 2.47. The topological polar surface area (TPSA) is 62.7 Å². The molecule has 2 heterocycles. The maximum absolute atomic E-state index is 11.0. The molecule has 5 nitrogen and oxygen atoms in total. The average molecular weight is 262 g/mol. The van der Waals surface area contributed by atoms with Crippen LogP contribution in [0.3, 0.4) is 0 Å². The molecule has 0 radical (unpaired) electrons. The first-order valence-electron chi connectivity index (χ1n) is 6.84. The van der Waals surface area contributed by atoms with E-state index in [9.17, 15) is 4.79 Å². The Morgan fingerprint density at radius 2 is 2.21 bits per heavy atom. The molecule has 1 aromatic rings. The number of carboxylic acid groups (broad SMARTS) is 1. The number of aromatic nitrogens is 1. The Morgan fingerprint density at radius 1 is 1.37 bits per heavy atom. The van der Waals surface area contributed by atoms with E-state index < -0.39 is 5.97 Å². The Bertz CT molecular complexity index is 476. The highest BCUT2D eigenvalue weighted by Gasteiger charge is 2.34. The predicted octanol–water partition coefficient (Wildman–Crippen LogP) is 1.93. The molecule has 19 heavy (non-hydrogen) atoms. The Kier molecular flexibility index (Phi) is 3.38. The maximum atomic E-state index is 11.0. The summed E-state index contributed by atoms with van der Waals surface area (Å²) in [5, 5.41) is 9.03. The lowest BCUT2D eigenvalue weighted by Crippen LogP contribution is -2.53. The summed E-state index contributed by atoms with van der Waals surface area (Å²) < 4.78 is 5.83. The number of carboxylic acids is 1. The summed E-state index contributed by atoms with van der Waals surface area (Å²) in [6.07, 6.45) is 4.90. The van der Waals surface area contributed by atoms with Gasteiger partial charge in [0.15, 0.2) is 5.69 Å². The second-order valence-corrected chi connectivity index (χ2v) is 5.14. The van der Waals surface area contributed by atoms with Crippen LogP contribution < -0.4 is 4.90 Å². The molecule has 2 unspecified atom stereocenters. The third kappa shape index (κ3) is 2.42. The highest BCUT2D eigenvalue weighted by atomic mass is 16.5. The molecule has 1 N–H and O–H groups in total. The van der Waals surface area contributed by atoms with Crippen LogP contribution in [0.15, 0.2) is 18.2 Å². The van der Waals surface area contributed by atoms with E-state index in [0.29, 0.717) is 12.6 Å². The second-order valence-electron chi connectivity index (χ2n) is 5.14. The second kappa shape index (κ2) is 5.17. The van der Waals surface area contributed by atoms with Crippen molar-refractivity contribution in [1.82, 2.24) is 4.98 Å². The molecule has 2 atom stereocenters. The molecular formula is C14H18N2O3. The Balaban J connectivity index is 1.87. The van der Waals surface area contributed by atoms with Gasteiger partial charge in [0.1, 0.15) is 5.82 Å². The number of rotatable bonds is 2. The maximum Gasteiger partial charge on any atom is 0.354 e. The van der Waals surface area contributed by atoms with Crippen molar-refractivity contribution in [2.75, 3.05) is 18.1 Å². The molecule has 2 aliphatic rings. The molecule has 0 aromatic carbocycles. The summed E-state index contributed by atoms with van der Waals surface area (Å²) in [7, 11) is 0. The van der Waals surface area contributed by atoms with Gasteiger partial charge in [-0.15, -0.1) is 0 Å². The lowest BCUT2D eigenvalue weighted by atomic mass is 9.90. The molecule has 1 aliphatic carbocycles. The van der Waals surface area contributed by atoms with Crippen molar-refractivity contribution in [1.29, 1.82) is 0 Å². The fourth-order valence-electron chi connectivity index (χ4n) is 3.08. The third-order valence-corrected chi connectivity index (χ3v) is 3.98. The number of fused-ring (bicyclic) bond motifs is 1. The fourth-order valence-corrected chi connectivity index (χ4v) is 3.08. The largest absolute Gasteiger partial charge is 0.477 e. The van der Waals surface area contributed by atoms with E-state index in [0.717, 1.165) is 25.2 Å². The van der Waals surface area contributed by atoms with E-state index in [2.05, 4.69) is 9.88 Å². The number of nitrogens with zero attached hydrogens (tertiary/aromatic N) is 2. The number of hydrogen-bond acceptors (Lipinski definition) is 4. The van der Waals surface area contributed by atoms with Gasteiger partial charge in [0, 0.05) is 6.54 Å². The first kappa shape index (κ1) is 12.4. The van der Waals surface area contributed by atoms with Crippen LogP contribution >= 0.6 is 0 Å². The zero-order chi connectivity index (χ0) is 13.2. The van der Waals surface area contributed by atoms with Gasteiger partial charge in [-0.1, -0.05) is 18.9 Å². The van der Waals surface area contributed by atoms with Crippen molar-refractivity contribution in [3.8, 4) is 0 Å². The van der Waals surface area contributed by atoms with E-state index in [1.807, 2.05) is 6.07 Å². The number of ether oxygens (including phenoxy) is 1. The van der Waals surface area contributed by atoms with Gasteiger partial charge in [-0.2, -0.15) is 0 Å².